The number of ether oxygens (including phenoxy) is 2. The summed E-state index contributed by atoms with van der Waals surface area (Å²) < 4.78 is 38.1. The molecule has 2 aromatic carbocycles. The summed E-state index contributed by atoms with van der Waals surface area (Å²) in [7, 11) is 0. The maximum absolute atomic E-state index is 13.3. The van der Waals surface area contributed by atoms with E-state index < -0.39 is 36.3 Å². The number of aryl methyl sites for hydroxylation is 1. The van der Waals surface area contributed by atoms with Crippen LogP contribution in [0.2, 0.25) is 0 Å². The first-order valence-corrected chi connectivity index (χ1v) is 10.1. The molecule has 0 saturated carbocycles. The molecular formula is C22H25F2NO5. The third-order valence-electron chi connectivity index (χ3n) is 5.63. The van der Waals surface area contributed by atoms with Gasteiger partial charge in [-0.2, -0.15) is 0 Å². The van der Waals surface area contributed by atoms with Gasteiger partial charge in [-0.05, 0) is 54.8 Å². The van der Waals surface area contributed by atoms with Crippen molar-refractivity contribution in [3.8, 4) is 11.5 Å². The molecule has 2 heterocycles. The Morgan fingerprint density at radius 2 is 1.57 bits per heavy atom. The molecule has 0 amide bonds. The molecule has 6 nitrogen and oxygen atoms in total. The van der Waals surface area contributed by atoms with Crippen molar-refractivity contribution in [1.29, 1.82) is 0 Å². The molecule has 2 aromatic rings. The quantitative estimate of drug-likeness (QED) is 0.569. The lowest BCUT2D eigenvalue weighted by Gasteiger charge is -2.33. The third kappa shape index (κ3) is 4.57. The van der Waals surface area contributed by atoms with Crippen molar-refractivity contribution in [3.63, 3.8) is 0 Å². The lowest BCUT2D eigenvalue weighted by molar-refractivity contribution is -0.0175. The highest BCUT2D eigenvalue weighted by Gasteiger charge is 2.32. The van der Waals surface area contributed by atoms with Gasteiger partial charge >= 0.3 is 0 Å². The van der Waals surface area contributed by atoms with Gasteiger partial charge < -0.3 is 30.1 Å². The Labute approximate surface area is 173 Å². The number of halogens is 2. The van der Waals surface area contributed by atoms with E-state index in [2.05, 4.69) is 5.32 Å². The summed E-state index contributed by atoms with van der Waals surface area (Å²) >= 11 is 0. The predicted octanol–water partition coefficient (Wildman–Crippen LogP) is 1.85. The van der Waals surface area contributed by atoms with Crippen LogP contribution in [0.25, 0.3) is 0 Å². The highest BCUT2D eigenvalue weighted by Crippen LogP contribution is 2.36. The molecule has 2 aliphatic rings. The van der Waals surface area contributed by atoms with E-state index in [0.717, 1.165) is 5.56 Å². The van der Waals surface area contributed by atoms with Crippen molar-refractivity contribution in [3.05, 3.63) is 59.2 Å². The lowest BCUT2D eigenvalue weighted by Crippen LogP contribution is -2.46. The van der Waals surface area contributed by atoms with Crippen LogP contribution < -0.4 is 14.8 Å². The summed E-state index contributed by atoms with van der Waals surface area (Å²) in [6.07, 6.45) is -2.43. The summed E-state index contributed by atoms with van der Waals surface area (Å²) in [5.41, 5.74) is 1.16. The van der Waals surface area contributed by atoms with Crippen molar-refractivity contribution in [1.82, 2.24) is 5.32 Å². The molecule has 0 spiro atoms. The molecule has 2 aliphatic heterocycles. The average Bonchev–Trinajstić information content (AvgIpc) is 2.73. The Hall–Kier alpha value is -2.26. The van der Waals surface area contributed by atoms with Gasteiger partial charge in [0.2, 0.25) is 0 Å². The minimum absolute atomic E-state index is 0.138. The summed E-state index contributed by atoms with van der Waals surface area (Å²) in [6.45, 7) is 0.328. The van der Waals surface area contributed by atoms with Gasteiger partial charge in [-0.3, -0.25) is 0 Å². The largest absolute Gasteiger partial charge is 0.487 e. The Morgan fingerprint density at radius 1 is 0.933 bits per heavy atom. The summed E-state index contributed by atoms with van der Waals surface area (Å²) in [5.74, 6) is 0.162. The van der Waals surface area contributed by atoms with Crippen molar-refractivity contribution < 1.29 is 33.6 Å². The smallest absolute Gasteiger partial charge is 0.129 e. The molecule has 0 aliphatic carbocycles. The SMILES string of the molecule is O[C@@H]1C[C@H]([C@H](O)CNC[C@@H](O)[C@H]2CCc3cc(F)ccc3O2)Oc2ccc(F)cc21. The van der Waals surface area contributed by atoms with E-state index in [1.165, 1.54) is 30.3 Å². The lowest BCUT2D eigenvalue weighted by atomic mass is 9.96. The number of nitrogens with one attached hydrogen (secondary N) is 1. The average molecular weight is 421 g/mol. The molecule has 4 rings (SSSR count). The van der Waals surface area contributed by atoms with Gasteiger partial charge in [0.25, 0.3) is 0 Å². The minimum atomic E-state index is -0.930. The molecule has 0 saturated heterocycles. The molecule has 8 heteroatoms. The molecule has 4 N–H and O–H groups in total. The predicted molar refractivity (Wildman–Crippen MR) is 104 cm³/mol. The zero-order valence-corrected chi connectivity index (χ0v) is 16.3. The van der Waals surface area contributed by atoms with Crippen molar-refractivity contribution in [2.24, 2.45) is 0 Å². The highest BCUT2D eigenvalue weighted by molar-refractivity contribution is 5.38. The van der Waals surface area contributed by atoms with Gasteiger partial charge in [-0.25, -0.2) is 8.78 Å². The summed E-state index contributed by atoms with van der Waals surface area (Å²) in [5, 5.41) is 34.1. The number of hydrogen-bond acceptors (Lipinski definition) is 6. The highest BCUT2D eigenvalue weighted by atomic mass is 19.1. The Kier molecular flexibility index (Phi) is 6.19. The second kappa shape index (κ2) is 8.85. The number of benzene rings is 2. The number of rotatable bonds is 6. The van der Waals surface area contributed by atoms with Crippen LogP contribution in [-0.2, 0) is 6.42 Å². The fraction of sp³-hybridized carbons (Fsp3) is 0.455. The third-order valence-corrected chi connectivity index (χ3v) is 5.63. The fourth-order valence-electron chi connectivity index (χ4n) is 3.97. The second-order valence-corrected chi connectivity index (χ2v) is 7.83. The summed E-state index contributed by atoms with van der Waals surface area (Å²) in [4.78, 5) is 0. The number of aliphatic hydroxyl groups is 3. The Morgan fingerprint density at radius 3 is 2.33 bits per heavy atom. The molecule has 0 unspecified atom stereocenters. The maximum atomic E-state index is 13.3. The number of hydrogen-bond donors (Lipinski definition) is 4. The molecule has 0 aromatic heterocycles. The molecule has 5 atom stereocenters. The first-order chi connectivity index (χ1) is 14.4. The van der Waals surface area contributed by atoms with E-state index in [4.69, 9.17) is 9.47 Å². The standard InChI is InChI=1S/C22H25F2NO5/c23-13-2-5-19-12(7-13)1-4-21(29-19)17(27)10-25-11-18(28)22-9-16(26)15-8-14(24)3-6-20(15)30-22/h2-3,5-8,16-18,21-22,25-28H,1,4,9-11H2/t16-,17-,18-,21-,22-/m1/s1. The van der Waals surface area contributed by atoms with E-state index in [9.17, 15) is 24.1 Å². The second-order valence-electron chi connectivity index (χ2n) is 7.83. The van der Waals surface area contributed by atoms with Gasteiger partial charge in [0, 0.05) is 25.1 Å². The van der Waals surface area contributed by atoms with E-state index in [1.54, 1.807) is 6.07 Å². The van der Waals surface area contributed by atoms with Gasteiger partial charge in [0.15, 0.2) is 0 Å². The zero-order chi connectivity index (χ0) is 21.3. The van der Waals surface area contributed by atoms with Gasteiger partial charge in [0.1, 0.15) is 47.5 Å². The topological polar surface area (TPSA) is 91.2 Å². The summed E-state index contributed by atoms with van der Waals surface area (Å²) in [6, 6.07) is 8.24. The van der Waals surface area contributed by atoms with Crippen molar-refractivity contribution in [2.75, 3.05) is 13.1 Å². The van der Waals surface area contributed by atoms with Crippen LogP contribution in [0, 0.1) is 11.6 Å². The van der Waals surface area contributed by atoms with Crippen LogP contribution >= 0.6 is 0 Å². The molecule has 0 fully saturated rings. The first-order valence-electron chi connectivity index (χ1n) is 10.1. The molecule has 0 bridgehead atoms. The Bertz CT molecular complexity index is 896. The molecule has 0 radical (unpaired) electrons. The molecule has 30 heavy (non-hydrogen) atoms. The van der Waals surface area contributed by atoms with E-state index in [-0.39, 0.29) is 25.3 Å². The fourth-order valence-corrected chi connectivity index (χ4v) is 3.97. The number of fused-ring (bicyclic) bond motifs is 2. The normalized spacial score (nSPS) is 24.8. The van der Waals surface area contributed by atoms with Gasteiger partial charge in [-0.15, -0.1) is 0 Å². The van der Waals surface area contributed by atoms with Crippen molar-refractivity contribution >= 4 is 0 Å². The van der Waals surface area contributed by atoms with Crippen molar-refractivity contribution in [2.45, 2.75) is 49.8 Å². The molecule has 162 valence electrons. The Balaban J connectivity index is 1.26. The van der Waals surface area contributed by atoms with Gasteiger partial charge in [0.05, 0.1) is 6.10 Å². The maximum Gasteiger partial charge on any atom is 0.129 e. The van der Waals surface area contributed by atoms with Crippen LogP contribution in [0.4, 0.5) is 8.78 Å². The van der Waals surface area contributed by atoms with Crippen LogP contribution in [0.15, 0.2) is 36.4 Å². The van der Waals surface area contributed by atoms with E-state index in [1.807, 2.05) is 0 Å². The minimum Gasteiger partial charge on any atom is -0.487 e. The van der Waals surface area contributed by atoms with Gasteiger partial charge in [-0.1, -0.05) is 0 Å². The number of aliphatic hydroxyl groups excluding tert-OH is 3. The van der Waals surface area contributed by atoms with Crippen LogP contribution in [-0.4, -0.2) is 52.8 Å². The zero-order valence-electron chi connectivity index (χ0n) is 16.3. The first kappa shape index (κ1) is 21.0. The molecular weight excluding hydrogens is 396 g/mol. The monoisotopic (exact) mass is 421 g/mol. The van der Waals surface area contributed by atoms with E-state index in [0.29, 0.717) is 29.9 Å². The van der Waals surface area contributed by atoms with E-state index >= 15 is 0 Å². The van der Waals surface area contributed by atoms with Crippen LogP contribution in [0.3, 0.4) is 0 Å². The van der Waals surface area contributed by atoms with Crippen LogP contribution in [0.1, 0.15) is 30.1 Å². The van der Waals surface area contributed by atoms with Crippen LogP contribution in [0.5, 0.6) is 11.5 Å².